The highest BCUT2D eigenvalue weighted by Gasteiger charge is 2.27. The topological polar surface area (TPSA) is 102 Å². The number of carboxylic acid groups (broad SMARTS) is 1. The van der Waals surface area contributed by atoms with E-state index in [1.165, 1.54) is 0 Å². The Bertz CT molecular complexity index is 921. The van der Waals surface area contributed by atoms with Gasteiger partial charge in [-0.05, 0) is 77.6 Å². The highest BCUT2D eigenvalue weighted by molar-refractivity contribution is 5.88. The zero-order valence-corrected chi connectivity index (χ0v) is 19.2. The Morgan fingerprint density at radius 1 is 1.19 bits per heavy atom. The van der Waals surface area contributed by atoms with E-state index in [0.29, 0.717) is 25.6 Å². The van der Waals surface area contributed by atoms with E-state index < -0.39 is 11.6 Å². The highest BCUT2D eigenvalue weighted by atomic mass is 16.6. The number of ether oxygens (including phenoxy) is 2. The van der Waals surface area contributed by atoms with Crippen LogP contribution in [0.15, 0.2) is 28.7 Å². The van der Waals surface area contributed by atoms with Crippen molar-refractivity contribution in [1.82, 2.24) is 9.88 Å². The molecule has 1 fully saturated rings. The van der Waals surface area contributed by atoms with Gasteiger partial charge in [-0.15, -0.1) is 0 Å². The number of hydrogen-bond acceptors (Lipinski definition) is 6. The van der Waals surface area contributed by atoms with Crippen LogP contribution in [0.4, 0.5) is 4.79 Å². The molecule has 0 unspecified atom stereocenters. The summed E-state index contributed by atoms with van der Waals surface area (Å²) < 4.78 is 17.2. The molecular formula is C24H32N2O6. The van der Waals surface area contributed by atoms with Crippen molar-refractivity contribution in [2.75, 3.05) is 19.7 Å². The van der Waals surface area contributed by atoms with Gasteiger partial charge in [-0.2, -0.15) is 0 Å². The fraction of sp³-hybridized carbons (Fsp3) is 0.542. The molecular weight excluding hydrogens is 412 g/mol. The van der Waals surface area contributed by atoms with E-state index in [4.69, 9.17) is 19.0 Å². The number of likely N-dealkylation sites (tertiary alicyclic amines) is 1. The first kappa shape index (κ1) is 23.8. The maximum Gasteiger partial charge on any atom is 0.410 e. The van der Waals surface area contributed by atoms with E-state index in [9.17, 15) is 9.59 Å². The zero-order chi connectivity index (χ0) is 23.3. The number of carbonyl (C=O) groups is 2. The molecule has 2 aromatic rings. The van der Waals surface area contributed by atoms with Crippen LogP contribution in [0.1, 0.15) is 61.8 Å². The number of aromatic nitrogens is 1. The van der Waals surface area contributed by atoms with Gasteiger partial charge in [0.05, 0.1) is 17.4 Å². The minimum Gasteiger partial charge on any atom is -0.478 e. The monoisotopic (exact) mass is 444 g/mol. The molecule has 1 aromatic carbocycles. The Labute approximate surface area is 188 Å². The molecule has 0 bridgehead atoms. The minimum atomic E-state index is -0.962. The molecule has 3 rings (SSSR count). The second kappa shape index (κ2) is 10.2. The Morgan fingerprint density at radius 3 is 2.44 bits per heavy atom. The SMILES string of the molecule is Cc1oc(-c2ccc(C(=O)O)cc2)nc1CCCOC1CCN(C(=O)OC(C)(C)C)CC1. The first-order valence-corrected chi connectivity index (χ1v) is 11.0. The third-order valence-corrected chi connectivity index (χ3v) is 5.28. The molecule has 1 saturated heterocycles. The lowest BCUT2D eigenvalue weighted by molar-refractivity contribution is -0.0118. The molecule has 1 N–H and O–H groups in total. The van der Waals surface area contributed by atoms with Crippen molar-refractivity contribution >= 4 is 12.1 Å². The average Bonchev–Trinajstić information content (AvgIpc) is 3.11. The average molecular weight is 445 g/mol. The minimum absolute atomic E-state index is 0.149. The van der Waals surface area contributed by atoms with Crippen LogP contribution in [0.25, 0.3) is 11.5 Å². The fourth-order valence-corrected chi connectivity index (χ4v) is 3.56. The van der Waals surface area contributed by atoms with E-state index in [0.717, 1.165) is 42.7 Å². The van der Waals surface area contributed by atoms with Crippen molar-refractivity contribution in [1.29, 1.82) is 0 Å². The number of carbonyl (C=O) groups excluding carboxylic acids is 1. The van der Waals surface area contributed by atoms with E-state index in [2.05, 4.69) is 4.98 Å². The standard InChI is InChI=1S/C24H32N2O6/c1-16-20(25-21(31-16)17-7-9-18(10-8-17)22(27)28)6-5-15-30-19-11-13-26(14-12-19)23(29)32-24(2,3)4/h7-10,19H,5-6,11-15H2,1-4H3,(H,27,28). The molecule has 8 heteroatoms. The Hall–Kier alpha value is -2.87. The molecule has 8 nitrogen and oxygen atoms in total. The van der Waals surface area contributed by atoms with Crippen molar-refractivity contribution < 1.29 is 28.6 Å². The van der Waals surface area contributed by atoms with Crippen molar-refractivity contribution in [3.63, 3.8) is 0 Å². The number of aryl methyl sites for hydroxylation is 2. The summed E-state index contributed by atoms with van der Waals surface area (Å²) in [6.45, 7) is 9.40. The molecule has 0 radical (unpaired) electrons. The smallest absolute Gasteiger partial charge is 0.410 e. The predicted octanol–water partition coefficient (Wildman–Crippen LogP) is 4.70. The Kier molecular flexibility index (Phi) is 7.56. The van der Waals surface area contributed by atoms with E-state index in [1.807, 2.05) is 27.7 Å². The van der Waals surface area contributed by atoms with Crippen LogP contribution in [0.5, 0.6) is 0 Å². The van der Waals surface area contributed by atoms with Gasteiger partial charge in [0.2, 0.25) is 5.89 Å². The lowest BCUT2D eigenvalue weighted by atomic mass is 10.1. The molecule has 174 valence electrons. The van der Waals surface area contributed by atoms with Gasteiger partial charge >= 0.3 is 12.1 Å². The molecule has 32 heavy (non-hydrogen) atoms. The molecule has 1 aromatic heterocycles. The summed E-state index contributed by atoms with van der Waals surface area (Å²) in [6, 6.07) is 6.48. The summed E-state index contributed by atoms with van der Waals surface area (Å²) in [5, 5.41) is 9.01. The van der Waals surface area contributed by atoms with Gasteiger partial charge < -0.3 is 23.9 Å². The van der Waals surface area contributed by atoms with Crippen LogP contribution in [0.3, 0.4) is 0 Å². The number of aromatic carboxylic acids is 1. The first-order valence-electron chi connectivity index (χ1n) is 11.0. The largest absolute Gasteiger partial charge is 0.478 e. The lowest BCUT2D eigenvalue weighted by Crippen LogP contribution is -2.43. The number of rotatable bonds is 7. The van der Waals surface area contributed by atoms with Crippen LogP contribution < -0.4 is 0 Å². The number of nitrogens with zero attached hydrogens (tertiary/aromatic N) is 2. The summed E-state index contributed by atoms with van der Waals surface area (Å²) in [5.74, 6) is 0.286. The van der Waals surface area contributed by atoms with Gasteiger partial charge in [0, 0.05) is 25.3 Å². The van der Waals surface area contributed by atoms with Crippen LogP contribution in [-0.4, -0.2) is 58.5 Å². The zero-order valence-electron chi connectivity index (χ0n) is 19.2. The van der Waals surface area contributed by atoms with Crippen LogP contribution >= 0.6 is 0 Å². The van der Waals surface area contributed by atoms with Crippen molar-refractivity contribution in [2.45, 2.75) is 65.1 Å². The quantitative estimate of drug-likeness (QED) is 0.618. The number of amides is 1. The Morgan fingerprint density at radius 2 is 1.84 bits per heavy atom. The number of carboxylic acids is 1. The van der Waals surface area contributed by atoms with E-state index in [1.54, 1.807) is 29.2 Å². The van der Waals surface area contributed by atoms with Crippen LogP contribution in [-0.2, 0) is 15.9 Å². The Balaban J connectivity index is 1.41. The van der Waals surface area contributed by atoms with Gasteiger partial charge in [-0.3, -0.25) is 0 Å². The number of piperidine rings is 1. The summed E-state index contributed by atoms with van der Waals surface area (Å²) in [5.41, 5.74) is 1.38. The molecule has 2 heterocycles. The van der Waals surface area contributed by atoms with Gasteiger partial charge in [-0.25, -0.2) is 14.6 Å². The summed E-state index contributed by atoms with van der Waals surface area (Å²) in [7, 11) is 0. The number of oxazole rings is 1. The molecule has 0 spiro atoms. The predicted molar refractivity (Wildman–Crippen MR) is 119 cm³/mol. The van der Waals surface area contributed by atoms with E-state index >= 15 is 0 Å². The lowest BCUT2D eigenvalue weighted by Gasteiger charge is -2.33. The molecule has 0 atom stereocenters. The van der Waals surface area contributed by atoms with Crippen molar-refractivity contribution in [3.8, 4) is 11.5 Å². The summed E-state index contributed by atoms with van der Waals surface area (Å²) >= 11 is 0. The molecule has 1 aliphatic heterocycles. The first-order chi connectivity index (χ1) is 15.1. The summed E-state index contributed by atoms with van der Waals surface area (Å²) in [4.78, 5) is 29.4. The van der Waals surface area contributed by atoms with Gasteiger partial charge in [-0.1, -0.05) is 0 Å². The van der Waals surface area contributed by atoms with Crippen molar-refractivity contribution in [2.24, 2.45) is 0 Å². The van der Waals surface area contributed by atoms with Gasteiger partial charge in [0.25, 0.3) is 0 Å². The van der Waals surface area contributed by atoms with Gasteiger partial charge in [0.15, 0.2) is 0 Å². The molecule has 1 aliphatic rings. The third kappa shape index (κ3) is 6.56. The second-order valence-corrected chi connectivity index (χ2v) is 9.05. The second-order valence-electron chi connectivity index (χ2n) is 9.05. The highest BCUT2D eigenvalue weighted by Crippen LogP contribution is 2.23. The molecule has 0 aliphatic carbocycles. The maximum absolute atomic E-state index is 12.1. The number of hydrogen-bond donors (Lipinski definition) is 1. The maximum atomic E-state index is 12.1. The van der Waals surface area contributed by atoms with Crippen LogP contribution in [0, 0.1) is 6.92 Å². The van der Waals surface area contributed by atoms with Crippen molar-refractivity contribution in [3.05, 3.63) is 41.3 Å². The molecule has 0 saturated carbocycles. The normalized spacial score (nSPS) is 15.1. The molecule has 1 amide bonds. The number of benzene rings is 1. The third-order valence-electron chi connectivity index (χ3n) is 5.28. The van der Waals surface area contributed by atoms with E-state index in [-0.39, 0.29) is 17.8 Å². The van der Waals surface area contributed by atoms with Crippen LogP contribution in [0.2, 0.25) is 0 Å². The summed E-state index contributed by atoms with van der Waals surface area (Å²) in [6.07, 6.45) is 3.05. The van der Waals surface area contributed by atoms with Gasteiger partial charge in [0.1, 0.15) is 11.4 Å². The fourth-order valence-electron chi connectivity index (χ4n) is 3.56.